The van der Waals surface area contributed by atoms with Crippen LogP contribution >= 0.6 is 11.3 Å². The highest BCUT2D eigenvalue weighted by molar-refractivity contribution is 7.14. The Hall–Kier alpha value is -2.61. The van der Waals surface area contributed by atoms with Gasteiger partial charge in [-0.05, 0) is 49.3 Å². The second-order valence-electron chi connectivity index (χ2n) is 7.48. The fraction of sp³-hybridized carbons (Fsp3) is 0.304. The molecule has 0 atom stereocenters. The number of thiazole rings is 1. The lowest BCUT2D eigenvalue weighted by Crippen LogP contribution is -2.36. The van der Waals surface area contributed by atoms with E-state index in [-0.39, 0.29) is 11.7 Å². The molecule has 0 unspecified atom stereocenters. The minimum atomic E-state index is -0.276. The summed E-state index contributed by atoms with van der Waals surface area (Å²) in [5.74, 6) is -0.325. The van der Waals surface area contributed by atoms with Crippen molar-refractivity contribution in [2.24, 2.45) is 0 Å². The molecule has 156 valence electrons. The van der Waals surface area contributed by atoms with Gasteiger partial charge in [-0.2, -0.15) is 0 Å². The van der Waals surface area contributed by atoms with Crippen LogP contribution in [0.15, 0.2) is 60.0 Å². The van der Waals surface area contributed by atoms with Crippen LogP contribution in [-0.2, 0) is 11.3 Å². The van der Waals surface area contributed by atoms with Crippen molar-refractivity contribution in [3.8, 4) is 11.3 Å². The molecule has 0 aliphatic carbocycles. The Morgan fingerprint density at radius 1 is 1.00 bits per heavy atom. The maximum atomic E-state index is 13.1. The van der Waals surface area contributed by atoms with Crippen molar-refractivity contribution in [1.82, 2.24) is 14.8 Å². The van der Waals surface area contributed by atoms with E-state index in [1.165, 1.54) is 29.0 Å². The summed E-state index contributed by atoms with van der Waals surface area (Å²) in [5, 5.41) is 5.34. The zero-order valence-electron chi connectivity index (χ0n) is 16.8. The Morgan fingerprint density at radius 3 is 2.53 bits per heavy atom. The average Bonchev–Trinajstić information content (AvgIpc) is 3.10. The molecule has 1 aliphatic rings. The van der Waals surface area contributed by atoms with Gasteiger partial charge >= 0.3 is 0 Å². The third-order valence-corrected chi connectivity index (χ3v) is 5.95. The highest BCUT2D eigenvalue weighted by atomic mass is 32.1. The van der Waals surface area contributed by atoms with E-state index in [1.807, 2.05) is 11.4 Å². The van der Waals surface area contributed by atoms with Crippen molar-refractivity contribution >= 4 is 22.4 Å². The number of nitrogens with zero attached hydrogens (tertiary/aromatic N) is 3. The molecule has 0 bridgehead atoms. The summed E-state index contributed by atoms with van der Waals surface area (Å²) in [7, 11) is 0. The van der Waals surface area contributed by atoms with Gasteiger partial charge in [0.25, 0.3) is 0 Å². The van der Waals surface area contributed by atoms with Gasteiger partial charge in [-0.1, -0.05) is 30.3 Å². The van der Waals surface area contributed by atoms with Crippen LogP contribution in [0.2, 0.25) is 0 Å². The van der Waals surface area contributed by atoms with E-state index in [2.05, 4.69) is 44.4 Å². The topological polar surface area (TPSA) is 48.5 Å². The fourth-order valence-corrected chi connectivity index (χ4v) is 4.36. The molecule has 4 rings (SSSR count). The quantitative estimate of drug-likeness (QED) is 0.647. The average molecular weight is 425 g/mol. The van der Waals surface area contributed by atoms with E-state index in [0.29, 0.717) is 11.7 Å². The van der Waals surface area contributed by atoms with Crippen LogP contribution in [0.1, 0.15) is 12.0 Å². The Labute approximate surface area is 180 Å². The van der Waals surface area contributed by atoms with Gasteiger partial charge in [0.2, 0.25) is 5.91 Å². The largest absolute Gasteiger partial charge is 0.301 e. The van der Waals surface area contributed by atoms with Gasteiger partial charge in [-0.15, -0.1) is 11.3 Å². The smallest absolute Gasteiger partial charge is 0.240 e. The number of carbonyl (C=O) groups excluding carboxylic acids is 1. The number of amides is 1. The van der Waals surface area contributed by atoms with Crippen molar-refractivity contribution in [2.75, 3.05) is 38.0 Å². The first-order valence-corrected chi connectivity index (χ1v) is 11.0. The van der Waals surface area contributed by atoms with Crippen LogP contribution in [0.3, 0.4) is 0 Å². The number of carbonyl (C=O) groups is 1. The predicted molar refractivity (Wildman–Crippen MR) is 119 cm³/mol. The van der Waals surface area contributed by atoms with Crippen molar-refractivity contribution in [2.45, 2.75) is 13.0 Å². The van der Waals surface area contributed by atoms with Crippen LogP contribution < -0.4 is 5.32 Å². The molecule has 0 radical (unpaired) electrons. The van der Waals surface area contributed by atoms with E-state index in [4.69, 9.17) is 0 Å². The SMILES string of the molecule is O=C(CN1CCCN(Cc2ccccc2)CC1)Nc1nc(-c2ccc(F)cc2)cs1. The van der Waals surface area contributed by atoms with Gasteiger partial charge in [0.05, 0.1) is 12.2 Å². The molecular formula is C23H25FN4OS. The molecule has 1 amide bonds. The standard InChI is InChI=1S/C23H25FN4OS/c24-20-9-7-19(8-10-20)21-17-30-23(25-21)26-22(29)16-28-12-4-11-27(13-14-28)15-18-5-2-1-3-6-18/h1-3,5-10,17H,4,11-16H2,(H,25,26,29). The van der Waals surface area contributed by atoms with Gasteiger partial charge in [0.15, 0.2) is 5.13 Å². The lowest BCUT2D eigenvalue weighted by molar-refractivity contribution is -0.117. The van der Waals surface area contributed by atoms with Gasteiger partial charge in [-0.25, -0.2) is 9.37 Å². The molecular weight excluding hydrogens is 399 g/mol. The molecule has 1 saturated heterocycles. The first kappa shape index (κ1) is 20.7. The van der Waals surface area contributed by atoms with Gasteiger partial charge in [0.1, 0.15) is 5.82 Å². The molecule has 2 aromatic carbocycles. The molecule has 7 heteroatoms. The Balaban J connectivity index is 1.26. The maximum Gasteiger partial charge on any atom is 0.240 e. The number of halogens is 1. The second kappa shape index (κ2) is 9.93. The normalized spacial score (nSPS) is 15.6. The van der Waals surface area contributed by atoms with Crippen LogP contribution in [0.5, 0.6) is 0 Å². The highest BCUT2D eigenvalue weighted by Gasteiger charge is 2.18. The number of aromatic nitrogens is 1. The van der Waals surface area contributed by atoms with Crippen molar-refractivity contribution < 1.29 is 9.18 Å². The summed E-state index contributed by atoms with van der Waals surface area (Å²) in [6, 6.07) is 16.7. The first-order valence-electron chi connectivity index (χ1n) is 10.2. The first-order chi connectivity index (χ1) is 14.7. The number of anilines is 1. The number of hydrogen-bond acceptors (Lipinski definition) is 5. The van der Waals surface area contributed by atoms with Crippen LogP contribution in [0.25, 0.3) is 11.3 Å². The predicted octanol–water partition coefficient (Wildman–Crippen LogP) is 4.10. The third-order valence-electron chi connectivity index (χ3n) is 5.19. The number of hydrogen-bond donors (Lipinski definition) is 1. The summed E-state index contributed by atoms with van der Waals surface area (Å²) in [5.41, 5.74) is 2.89. The molecule has 3 aromatic rings. The Bertz CT molecular complexity index is 961. The zero-order chi connectivity index (χ0) is 20.8. The minimum Gasteiger partial charge on any atom is -0.301 e. The maximum absolute atomic E-state index is 13.1. The lowest BCUT2D eigenvalue weighted by Gasteiger charge is -2.21. The van der Waals surface area contributed by atoms with Crippen molar-refractivity contribution in [3.05, 3.63) is 71.4 Å². The minimum absolute atomic E-state index is 0.0495. The molecule has 2 heterocycles. The summed E-state index contributed by atoms with van der Waals surface area (Å²) in [6.45, 7) is 5.10. The molecule has 0 spiro atoms. The number of nitrogens with one attached hydrogen (secondary N) is 1. The van der Waals surface area contributed by atoms with Crippen LogP contribution in [0.4, 0.5) is 9.52 Å². The summed E-state index contributed by atoms with van der Waals surface area (Å²) in [4.78, 5) is 21.6. The Kier molecular flexibility index (Phi) is 6.84. The molecule has 5 nitrogen and oxygen atoms in total. The van der Waals surface area contributed by atoms with E-state index in [1.54, 1.807) is 12.1 Å². The van der Waals surface area contributed by atoms with Crippen molar-refractivity contribution in [3.63, 3.8) is 0 Å². The molecule has 1 aromatic heterocycles. The second-order valence-corrected chi connectivity index (χ2v) is 8.34. The third kappa shape index (κ3) is 5.72. The van der Waals surface area contributed by atoms with Gasteiger partial charge < -0.3 is 5.32 Å². The van der Waals surface area contributed by atoms with Gasteiger partial charge in [0, 0.05) is 30.6 Å². The monoisotopic (exact) mass is 424 g/mol. The lowest BCUT2D eigenvalue weighted by atomic mass is 10.2. The molecule has 0 saturated carbocycles. The van der Waals surface area contributed by atoms with E-state index < -0.39 is 0 Å². The molecule has 1 N–H and O–H groups in total. The summed E-state index contributed by atoms with van der Waals surface area (Å²) >= 11 is 1.38. The van der Waals surface area contributed by atoms with E-state index >= 15 is 0 Å². The van der Waals surface area contributed by atoms with E-state index in [0.717, 1.165) is 50.4 Å². The highest BCUT2D eigenvalue weighted by Crippen LogP contribution is 2.25. The number of benzene rings is 2. The molecule has 30 heavy (non-hydrogen) atoms. The summed E-state index contributed by atoms with van der Waals surface area (Å²) in [6.07, 6.45) is 1.05. The van der Waals surface area contributed by atoms with Crippen molar-refractivity contribution in [1.29, 1.82) is 0 Å². The Morgan fingerprint density at radius 2 is 1.73 bits per heavy atom. The molecule has 1 aliphatic heterocycles. The summed E-state index contributed by atoms with van der Waals surface area (Å²) < 4.78 is 13.1. The van der Waals surface area contributed by atoms with E-state index in [9.17, 15) is 9.18 Å². The zero-order valence-corrected chi connectivity index (χ0v) is 17.6. The molecule has 1 fully saturated rings. The fourth-order valence-electron chi connectivity index (χ4n) is 3.63. The number of rotatable bonds is 6. The van der Waals surface area contributed by atoms with Gasteiger partial charge in [-0.3, -0.25) is 14.6 Å². The van der Waals surface area contributed by atoms with Crippen LogP contribution in [-0.4, -0.2) is 53.4 Å². The van der Waals surface area contributed by atoms with Crippen LogP contribution in [0, 0.1) is 5.82 Å².